The molecule has 0 aliphatic carbocycles. The molecule has 0 aliphatic rings. The van der Waals surface area contributed by atoms with Crippen LogP contribution < -0.4 is 21.3 Å². The third kappa shape index (κ3) is 4.39. The minimum Gasteiger partial charge on any atom is -0.463 e. The van der Waals surface area contributed by atoms with Crippen LogP contribution in [0.3, 0.4) is 0 Å². The number of aromatic nitrogens is 3. The van der Waals surface area contributed by atoms with Crippen LogP contribution in [0.4, 0.5) is 11.9 Å². The predicted molar refractivity (Wildman–Crippen MR) is 66.8 cm³/mol. The number of hydrogen-bond donors (Lipinski definition) is 3. The molecule has 17 heavy (non-hydrogen) atoms. The van der Waals surface area contributed by atoms with Crippen LogP contribution in [-0.2, 0) is 0 Å². The molecule has 1 aromatic rings. The van der Waals surface area contributed by atoms with E-state index in [1.807, 2.05) is 13.8 Å². The van der Waals surface area contributed by atoms with Gasteiger partial charge in [0.1, 0.15) is 0 Å². The summed E-state index contributed by atoms with van der Waals surface area (Å²) in [6, 6.07) is 0.558. The third-order valence-electron chi connectivity index (χ3n) is 2.17. The molecule has 0 aliphatic heterocycles. The van der Waals surface area contributed by atoms with E-state index in [-0.39, 0.29) is 18.0 Å². The minimum absolute atomic E-state index is 0.278. The quantitative estimate of drug-likeness (QED) is 0.486. The molecular weight excluding hydrogens is 220 g/mol. The summed E-state index contributed by atoms with van der Waals surface area (Å²) in [4.78, 5) is 12.3. The number of nitrogens with two attached hydrogens (primary N) is 1. The van der Waals surface area contributed by atoms with E-state index in [2.05, 4.69) is 32.6 Å². The molecule has 0 saturated heterocycles. The Labute approximate surface area is 101 Å². The number of nitrogens with zero attached hydrogens (tertiary/aromatic N) is 3. The molecule has 1 heterocycles. The number of anilines is 2. The molecule has 0 aromatic carbocycles. The molecule has 0 amide bonds. The summed E-state index contributed by atoms with van der Waals surface area (Å²) in [7, 11) is 0. The van der Waals surface area contributed by atoms with Crippen LogP contribution in [0.1, 0.15) is 33.6 Å². The highest BCUT2D eigenvalue weighted by Gasteiger charge is 2.08. The maximum absolute atomic E-state index is 5.36. The topological polar surface area (TPSA) is 98.0 Å². The maximum atomic E-state index is 5.36. The van der Waals surface area contributed by atoms with Gasteiger partial charge in [0.25, 0.3) is 0 Å². The maximum Gasteiger partial charge on any atom is 0.323 e. The fraction of sp³-hybridized carbons (Fsp3) is 0.700. The first kappa shape index (κ1) is 13.4. The lowest BCUT2D eigenvalue weighted by Gasteiger charge is -2.12. The number of rotatable bonds is 7. The van der Waals surface area contributed by atoms with E-state index in [4.69, 9.17) is 10.6 Å². The Morgan fingerprint density at radius 3 is 2.53 bits per heavy atom. The van der Waals surface area contributed by atoms with Gasteiger partial charge in [0.15, 0.2) is 0 Å². The van der Waals surface area contributed by atoms with Crippen LogP contribution in [-0.4, -0.2) is 27.6 Å². The summed E-state index contributed by atoms with van der Waals surface area (Å²) in [6.45, 7) is 6.71. The molecule has 0 fully saturated rings. The monoisotopic (exact) mass is 240 g/mol. The van der Waals surface area contributed by atoms with Gasteiger partial charge < -0.3 is 10.1 Å². The lowest BCUT2D eigenvalue weighted by molar-refractivity contribution is 0.292. The first-order chi connectivity index (χ1) is 8.19. The SMILES string of the molecule is CCCOc1nc(NN)nc(NC(C)CC)n1. The highest BCUT2D eigenvalue weighted by atomic mass is 16.5. The Kier molecular flexibility index (Phi) is 5.41. The molecular formula is C10H20N6O. The number of ether oxygens (including phenoxy) is 1. The van der Waals surface area contributed by atoms with Crippen molar-refractivity contribution in [3.05, 3.63) is 0 Å². The van der Waals surface area contributed by atoms with Crippen molar-refractivity contribution in [2.24, 2.45) is 5.84 Å². The van der Waals surface area contributed by atoms with Crippen LogP contribution in [0.25, 0.3) is 0 Å². The van der Waals surface area contributed by atoms with Crippen molar-refractivity contribution in [3.8, 4) is 6.01 Å². The first-order valence-corrected chi connectivity index (χ1v) is 5.81. The van der Waals surface area contributed by atoms with E-state index in [0.717, 1.165) is 12.8 Å². The highest BCUT2D eigenvalue weighted by molar-refractivity contribution is 5.35. The van der Waals surface area contributed by atoms with Crippen molar-refractivity contribution in [2.45, 2.75) is 39.7 Å². The molecule has 0 saturated carbocycles. The Morgan fingerprint density at radius 1 is 1.24 bits per heavy atom. The Morgan fingerprint density at radius 2 is 1.94 bits per heavy atom. The van der Waals surface area contributed by atoms with Crippen molar-refractivity contribution in [2.75, 3.05) is 17.3 Å². The van der Waals surface area contributed by atoms with E-state index in [0.29, 0.717) is 12.6 Å². The van der Waals surface area contributed by atoms with Gasteiger partial charge in [-0.25, -0.2) is 5.84 Å². The van der Waals surface area contributed by atoms with Gasteiger partial charge in [-0.2, -0.15) is 15.0 Å². The van der Waals surface area contributed by atoms with Crippen molar-refractivity contribution in [1.29, 1.82) is 0 Å². The van der Waals surface area contributed by atoms with Crippen LogP contribution in [0.5, 0.6) is 6.01 Å². The molecule has 96 valence electrons. The molecule has 1 unspecified atom stereocenters. The zero-order chi connectivity index (χ0) is 12.7. The summed E-state index contributed by atoms with van der Waals surface area (Å²) in [5, 5.41) is 3.15. The van der Waals surface area contributed by atoms with Crippen molar-refractivity contribution < 1.29 is 4.74 Å². The Hall–Kier alpha value is -1.63. The second kappa shape index (κ2) is 6.85. The van der Waals surface area contributed by atoms with Gasteiger partial charge in [-0.15, -0.1) is 0 Å². The van der Waals surface area contributed by atoms with Crippen LogP contribution >= 0.6 is 0 Å². The normalized spacial score (nSPS) is 12.0. The predicted octanol–water partition coefficient (Wildman–Crippen LogP) is 1.16. The van der Waals surface area contributed by atoms with Crippen LogP contribution in [0.15, 0.2) is 0 Å². The zero-order valence-electron chi connectivity index (χ0n) is 10.5. The molecule has 1 rings (SSSR count). The van der Waals surface area contributed by atoms with E-state index in [9.17, 15) is 0 Å². The molecule has 7 nitrogen and oxygen atoms in total. The average Bonchev–Trinajstić information content (AvgIpc) is 2.35. The largest absolute Gasteiger partial charge is 0.463 e. The molecule has 0 radical (unpaired) electrons. The van der Waals surface area contributed by atoms with E-state index in [1.54, 1.807) is 0 Å². The highest BCUT2D eigenvalue weighted by Crippen LogP contribution is 2.12. The number of nitrogens with one attached hydrogen (secondary N) is 2. The summed E-state index contributed by atoms with van der Waals surface area (Å²) in [6.07, 6.45) is 1.87. The average molecular weight is 240 g/mol. The van der Waals surface area contributed by atoms with Crippen molar-refractivity contribution >= 4 is 11.9 Å². The Balaban J connectivity index is 2.80. The first-order valence-electron chi connectivity index (χ1n) is 5.81. The van der Waals surface area contributed by atoms with E-state index in [1.165, 1.54) is 0 Å². The Bertz CT molecular complexity index is 346. The lowest BCUT2D eigenvalue weighted by Crippen LogP contribution is -2.19. The summed E-state index contributed by atoms with van der Waals surface area (Å²) in [5.41, 5.74) is 2.39. The molecule has 0 bridgehead atoms. The second-order valence-electron chi connectivity index (χ2n) is 3.71. The van der Waals surface area contributed by atoms with Gasteiger partial charge in [0.05, 0.1) is 6.61 Å². The standard InChI is InChI=1S/C10H20N6O/c1-4-6-17-10-14-8(12-7(3)5-2)13-9(15-10)16-11/h7H,4-6,11H2,1-3H3,(H2,12,13,14,15,16). The second-order valence-corrected chi connectivity index (χ2v) is 3.71. The van der Waals surface area contributed by atoms with Gasteiger partial charge in [0, 0.05) is 6.04 Å². The molecule has 1 aromatic heterocycles. The van der Waals surface area contributed by atoms with Crippen LogP contribution in [0, 0.1) is 0 Å². The van der Waals surface area contributed by atoms with Crippen molar-refractivity contribution in [1.82, 2.24) is 15.0 Å². The fourth-order valence-electron chi connectivity index (χ4n) is 1.07. The summed E-state index contributed by atoms with van der Waals surface area (Å²) in [5.74, 6) is 6.05. The third-order valence-corrected chi connectivity index (χ3v) is 2.17. The van der Waals surface area contributed by atoms with E-state index >= 15 is 0 Å². The molecule has 1 atom stereocenters. The van der Waals surface area contributed by atoms with Gasteiger partial charge in [-0.1, -0.05) is 13.8 Å². The molecule has 0 spiro atoms. The van der Waals surface area contributed by atoms with E-state index < -0.39 is 0 Å². The van der Waals surface area contributed by atoms with Gasteiger partial charge in [0.2, 0.25) is 11.9 Å². The smallest absolute Gasteiger partial charge is 0.323 e. The lowest BCUT2D eigenvalue weighted by atomic mass is 10.3. The number of hydrogen-bond acceptors (Lipinski definition) is 7. The van der Waals surface area contributed by atoms with Crippen molar-refractivity contribution in [3.63, 3.8) is 0 Å². The summed E-state index contributed by atoms with van der Waals surface area (Å²) >= 11 is 0. The number of hydrazine groups is 1. The zero-order valence-corrected chi connectivity index (χ0v) is 10.5. The molecule has 4 N–H and O–H groups in total. The summed E-state index contributed by atoms with van der Waals surface area (Å²) < 4.78 is 5.36. The minimum atomic E-state index is 0.278. The van der Waals surface area contributed by atoms with Gasteiger partial charge in [-0.3, -0.25) is 5.43 Å². The van der Waals surface area contributed by atoms with Crippen LogP contribution in [0.2, 0.25) is 0 Å². The van der Waals surface area contributed by atoms with Gasteiger partial charge in [-0.05, 0) is 19.8 Å². The molecule has 7 heteroatoms. The fourth-order valence-corrected chi connectivity index (χ4v) is 1.07. The van der Waals surface area contributed by atoms with Gasteiger partial charge >= 0.3 is 6.01 Å². The number of nitrogen functional groups attached to an aromatic ring is 1.